The van der Waals surface area contributed by atoms with Gasteiger partial charge in [0.05, 0.1) is 0 Å². The predicted octanol–water partition coefficient (Wildman–Crippen LogP) is 0.285. The van der Waals surface area contributed by atoms with Crippen LogP contribution in [-0.4, -0.2) is 24.9 Å². The summed E-state index contributed by atoms with van der Waals surface area (Å²) in [5.74, 6) is 0.0337. The van der Waals surface area contributed by atoms with Gasteiger partial charge in [0.2, 0.25) is 11.8 Å². The van der Waals surface area contributed by atoms with Crippen molar-refractivity contribution >= 4 is 11.8 Å². The molecular weight excluding hydrogens is 168 g/mol. The minimum Gasteiger partial charge on any atom is -0.354 e. The lowest BCUT2D eigenvalue weighted by atomic mass is 10.2. The Morgan fingerprint density at radius 1 is 1.15 bits per heavy atom. The number of hydrogen-bond donors (Lipinski definition) is 2. The maximum Gasteiger partial charge on any atom is 0.222 e. The standard InChI is InChI=1S/C9H18N2O2/c1-4-8(12)10-5-6-11-9(13)7(2)3/h7H,4-6H2,1-3H3,(H,10,12)(H,11,13). The molecule has 0 radical (unpaired) electrons. The quantitative estimate of drug-likeness (QED) is 0.606. The third kappa shape index (κ3) is 6.13. The van der Waals surface area contributed by atoms with Crippen LogP contribution in [0.25, 0.3) is 0 Å². The van der Waals surface area contributed by atoms with E-state index in [1.807, 2.05) is 13.8 Å². The molecule has 0 rings (SSSR count). The monoisotopic (exact) mass is 186 g/mol. The molecule has 0 bridgehead atoms. The Morgan fingerprint density at radius 2 is 1.69 bits per heavy atom. The van der Waals surface area contributed by atoms with E-state index >= 15 is 0 Å². The van der Waals surface area contributed by atoms with E-state index in [4.69, 9.17) is 0 Å². The third-order valence-electron chi connectivity index (χ3n) is 1.59. The molecule has 0 fully saturated rings. The molecule has 0 aromatic carbocycles. The maximum absolute atomic E-state index is 11.0. The van der Waals surface area contributed by atoms with Crippen LogP contribution >= 0.6 is 0 Å². The number of rotatable bonds is 5. The van der Waals surface area contributed by atoms with Crippen LogP contribution in [0.15, 0.2) is 0 Å². The van der Waals surface area contributed by atoms with Crippen LogP contribution in [0.1, 0.15) is 27.2 Å². The molecule has 0 aliphatic rings. The van der Waals surface area contributed by atoms with Crippen LogP contribution in [0.3, 0.4) is 0 Å². The van der Waals surface area contributed by atoms with Crippen molar-refractivity contribution in [3.05, 3.63) is 0 Å². The van der Waals surface area contributed by atoms with E-state index in [-0.39, 0.29) is 17.7 Å². The van der Waals surface area contributed by atoms with Gasteiger partial charge < -0.3 is 10.6 Å². The molecule has 0 aromatic heterocycles. The lowest BCUT2D eigenvalue weighted by molar-refractivity contribution is -0.124. The summed E-state index contributed by atoms with van der Waals surface area (Å²) >= 11 is 0. The van der Waals surface area contributed by atoms with Crippen molar-refractivity contribution in [1.82, 2.24) is 10.6 Å². The second kappa shape index (κ2) is 6.46. The first-order valence-electron chi connectivity index (χ1n) is 4.62. The number of carbonyl (C=O) groups is 2. The lowest BCUT2D eigenvalue weighted by Gasteiger charge is -2.07. The molecular formula is C9H18N2O2. The number of amides is 2. The van der Waals surface area contributed by atoms with Gasteiger partial charge in [-0.15, -0.1) is 0 Å². The second-order valence-electron chi connectivity index (χ2n) is 3.15. The normalized spacial score (nSPS) is 9.85. The summed E-state index contributed by atoms with van der Waals surface area (Å²) < 4.78 is 0. The van der Waals surface area contributed by atoms with Crippen molar-refractivity contribution < 1.29 is 9.59 Å². The lowest BCUT2D eigenvalue weighted by Crippen LogP contribution is -2.36. The average Bonchev–Trinajstić information content (AvgIpc) is 2.11. The van der Waals surface area contributed by atoms with Gasteiger partial charge in [-0.2, -0.15) is 0 Å². The molecule has 0 atom stereocenters. The van der Waals surface area contributed by atoms with Gasteiger partial charge >= 0.3 is 0 Å². The molecule has 0 aromatic rings. The van der Waals surface area contributed by atoms with Crippen molar-refractivity contribution in [2.75, 3.05) is 13.1 Å². The molecule has 0 aliphatic carbocycles. The first-order chi connectivity index (χ1) is 6.07. The molecule has 76 valence electrons. The minimum atomic E-state index is 0.00174. The summed E-state index contributed by atoms with van der Waals surface area (Å²) in [7, 11) is 0. The Labute approximate surface area is 79.1 Å². The van der Waals surface area contributed by atoms with E-state index in [9.17, 15) is 9.59 Å². The van der Waals surface area contributed by atoms with Gasteiger partial charge in [-0.1, -0.05) is 20.8 Å². The van der Waals surface area contributed by atoms with E-state index < -0.39 is 0 Å². The number of hydrogen-bond acceptors (Lipinski definition) is 2. The van der Waals surface area contributed by atoms with Gasteiger partial charge in [0.25, 0.3) is 0 Å². The Balaban J connectivity index is 3.36. The van der Waals surface area contributed by atoms with Crippen molar-refractivity contribution in [3.63, 3.8) is 0 Å². The van der Waals surface area contributed by atoms with Crippen molar-refractivity contribution in [2.24, 2.45) is 5.92 Å². The average molecular weight is 186 g/mol. The highest BCUT2D eigenvalue weighted by molar-refractivity contribution is 5.78. The largest absolute Gasteiger partial charge is 0.354 e. The van der Waals surface area contributed by atoms with E-state index in [2.05, 4.69) is 10.6 Å². The van der Waals surface area contributed by atoms with Gasteiger partial charge in [-0.3, -0.25) is 9.59 Å². The molecule has 13 heavy (non-hydrogen) atoms. The Bertz CT molecular complexity index is 178. The number of nitrogens with one attached hydrogen (secondary N) is 2. The summed E-state index contributed by atoms with van der Waals surface area (Å²) in [5, 5.41) is 5.38. The Morgan fingerprint density at radius 3 is 2.15 bits per heavy atom. The van der Waals surface area contributed by atoms with E-state index in [0.29, 0.717) is 19.5 Å². The summed E-state index contributed by atoms with van der Waals surface area (Å²) in [6, 6.07) is 0. The van der Waals surface area contributed by atoms with Crippen molar-refractivity contribution in [3.8, 4) is 0 Å². The van der Waals surface area contributed by atoms with Gasteiger partial charge in [0.1, 0.15) is 0 Å². The molecule has 0 unspecified atom stereocenters. The van der Waals surface area contributed by atoms with Crippen LogP contribution in [0, 0.1) is 5.92 Å². The molecule has 4 heteroatoms. The topological polar surface area (TPSA) is 58.2 Å². The van der Waals surface area contributed by atoms with Crippen LogP contribution < -0.4 is 10.6 Å². The molecule has 0 saturated carbocycles. The van der Waals surface area contributed by atoms with E-state index in [0.717, 1.165) is 0 Å². The molecule has 0 spiro atoms. The molecule has 0 saturated heterocycles. The summed E-state index contributed by atoms with van der Waals surface area (Å²) in [5.41, 5.74) is 0. The Kier molecular flexibility index (Phi) is 5.93. The van der Waals surface area contributed by atoms with E-state index in [1.165, 1.54) is 0 Å². The fourth-order valence-corrected chi connectivity index (χ4v) is 0.717. The zero-order chi connectivity index (χ0) is 10.3. The first kappa shape index (κ1) is 11.9. The van der Waals surface area contributed by atoms with Crippen LogP contribution in [0.4, 0.5) is 0 Å². The highest BCUT2D eigenvalue weighted by Gasteiger charge is 2.04. The van der Waals surface area contributed by atoms with Crippen molar-refractivity contribution in [2.45, 2.75) is 27.2 Å². The van der Waals surface area contributed by atoms with Gasteiger partial charge in [-0.25, -0.2) is 0 Å². The number of carbonyl (C=O) groups excluding carboxylic acids is 2. The fraction of sp³-hybridized carbons (Fsp3) is 0.778. The van der Waals surface area contributed by atoms with Gasteiger partial charge in [-0.05, 0) is 0 Å². The minimum absolute atomic E-state index is 0.00174. The van der Waals surface area contributed by atoms with Crippen LogP contribution in [0.2, 0.25) is 0 Å². The first-order valence-corrected chi connectivity index (χ1v) is 4.62. The zero-order valence-electron chi connectivity index (χ0n) is 8.52. The Hall–Kier alpha value is -1.06. The maximum atomic E-state index is 11.0. The third-order valence-corrected chi connectivity index (χ3v) is 1.59. The molecule has 0 heterocycles. The van der Waals surface area contributed by atoms with Crippen LogP contribution in [-0.2, 0) is 9.59 Å². The second-order valence-corrected chi connectivity index (χ2v) is 3.15. The molecule has 4 nitrogen and oxygen atoms in total. The van der Waals surface area contributed by atoms with E-state index in [1.54, 1.807) is 6.92 Å². The zero-order valence-corrected chi connectivity index (χ0v) is 8.52. The summed E-state index contributed by atoms with van der Waals surface area (Å²) in [4.78, 5) is 21.8. The van der Waals surface area contributed by atoms with Gasteiger partial charge in [0.15, 0.2) is 0 Å². The highest BCUT2D eigenvalue weighted by atomic mass is 16.2. The summed E-state index contributed by atoms with van der Waals surface area (Å²) in [6.07, 6.45) is 0.484. The predicted molar refractivity (Wildman–Crippen MR) is 51.1 cm³/mol. The van der Waals surface area contributed by atoms with Crippen molar-refractivity contribution in [1.29, 1.82) is 0 Å². The molecule has 0 aliphatic heterocycles. The SMILES string of the molecule is CCC(=O)NCCNC(=O)C(C)C. The fourth-order valence-electron chi connectivity index (χ4n) is 0.717. The smallest absolute Gasteiger partial charge is 0.222 e. The van der Waals surface area contributed by atoms with Gasteiger partial charge in [0, 0.05) is 25.4 Å². The van der Waals surface area contributed by atoms with Crippen LogP contribution in [0.5, 0.6) is 0 Å². The molecule has 2 amide bonds. The highest BCUT2D eigenvalue weighted by Crippen LogP contribution is 1.88. The molecule has 2 N–H and O–H groups in total. The summed E-state index contributed by atoms with van der Waals surface area (Å²) in [6.45, 7) is 6.47.